The van der Waals surface area contributed by atoms with Crippen molar-refractivity contribution in [3.05, 3.63) is 71.8 Å². The summed E-state index contributed by atoms with van der Waals surface area (Å²) < 4.78 is 0. The lowest BCUT2D eigenvalue weighted by atomic mass is 10.2. The average Bonchev–Trinajstić information content (AvgIpc) is 2.72. The fraction of sp³-hybridized carbons (Fsp3) is 0.300. The summed E-state index contributed by atoms with van der Waals surface area (Å²) in [4.78, 5) is 23.9. The van der Waals surface area contributed by atoms with Gasteiger partial charge in [0.05, 0.1) is 11.9 Å². The summed E-state index contributed by atoms with van der Waals surface area (Å²) in [5.41, 5.74) is 0.440. The number of fused-ring (bicyclic) bond motifs is 3. The molecule has 5 rings (SSSR count). The molecule has 3 saturated heterocycles. The van der Waals surface area contributed by atoms with E-state index in [2.05, 4.69) is 0 Å². The van der Waals surface area contributed by atoms with Crippen LogP contribution in [0.15, 0.2) is 60.7 Å². The Labute approximate surface area is 153 Å². The Morgan fingerprint density at radius 2 is 0.846 bits per heavy atom. The minimum atomic E-state index is -1.13. The minimum Gasteiger partial charge on any atom is -0.545 e. The second-order valence-corrected chi connectivity index (χ2v) is 6.31. The largest absolute Gasteiger partial charge is 0.545 e. The number of benzene rings is 2. The topological polar surface area (TPSA) is 89.1 Å². The van der Waals surface area contributed by atoms with Crippen LogP contribution in [0.3, 0.4) is 0 Å². The highest BCUT2D eigenvalue weighted by atomic mass is 16.4. The molecule has 0 saturated carbocycles. The number of carbonyl (C=O) groups excluding carboxylic acids is 2. The number of carbonyl (C=O) groups is 2. The zero-order chi connectivity index (χ0) is 18.8. The van der Waals surface area contributed by atoms with Crippen LogP contribution >= 0.6 is 0 Å². The van der Waals surface area contributed by atoms with Crippen molar-refractivity contribution in [2.24, 2.45) is 0 Å². The van der Waals surface area contributed by atoms with E-state index in [-0.39, 0.29) is 11.1 Å². The minimum absolute atomic E-state index is 0.220. The third-order valence-electron chi connectivity index (χ3n) is 4.52. The molecule has 26 heavy (non-hydrogen) atoms. The predicted octanol–water partition coefficient (Wildman–Crippen LogP) is -3.12. The van der Waals surface area contributed by atoms with Gasteiger partial charge in [0.1, 0.15) is 39.3 Å². The normalized spacial score (nSPS) is 20.0. The Hall–Kier alpha value is -2.70. The number of hydrogen-bond donors (Lipinski definition) is 2. The Kier molecular flexibility index (Phi) is 7.79. The number of piperazine rings is 3. The lowest BCUT2D eigenvalue weighted by Gasteiger charge is -2.35. The summed E-state index contributed by atoms with van der Waals surface area (Å²) in [5.74, 6) is -2.26. The van der Waals surface area contributed by atoms with Crippen LogP contribution in [0, 0.1) is 0 Å². The van der Waals surface area contributed by atoms with E-state index < -0.39 is 11.9 Å². The summed E-state index contributed by atoms with van der Waals surface area (Å²) in [6.45, 7) is 8.64. The molecule has 6 nitrogen and oxygen atoms in total. The van der Waals surface area contributed by atoms with Crippen LogP contribution in [0.5, 0.6) is 0 Å². The number of nitrogens with one attached hydrogen (secondary N) is 2. The Balaban J connectivity index is 0.000000140. The Bertz CT molecular complexity index is 611. The molecule has 2 N–H and O–H groups in total. The van der Waals surface area contributed by atoms with Crippen LogP contribution in [0.4, 0.5) is 0 Å². The van der Waals surface area contributed by atoms with E-state index in [1.54, 1.807) is 36.4 Å². The number of rotatable bonds is 2. The van der Waals surface area contributed by atoms with Crippen molar-refractivity contribution in [1.82, 2.24) is 0 Å². The third-order valence-corrected chi connectivity index (χ3v) is 4.52. The van der Waals surface area contributed by atoms with E-state index in [0.717, 1.165) is 0 Å². The van der Waals surface area contributed by atoms with Gasteiger partial charge in [0.15, 0.2) is 0 Å². The molecule has 0 aliphatic carbocycles. The fourth-order valence-corrected chi connectivity index (χ4v) is 2.96. The molecule has 3 fully saturated rings. The molecule has 0 amide bonds. The highest BCUT2D eigenvalue weighted by Crippen LogP contribution is 1.95. The van der Waals surface area contributed by atoms with Gasteiger partial charge in [-0.15, -0.1) is 0 Å². The maximum absolute atomic E-state index is 10.1. The zero-order valence-corrected chi connectivity index (χ0v) is 14.6. The first-order valence-electron chi connectivity index (χ1n) is 8.76. The number of hydrogen-bond acceptors (Lipinski definition) is 4. The number of aromatic carboxylic acids is 2. The third kappa shape index (κ3) is 6.66. The second kappa shape index (κ2) is 10.3. The van der Waals surface area contributed by atoms with Gasteiger partial charge in [0.2, 0.25) is 0 Å². The van der Waals surface area contributed by atoms with Crippen molar-refractivity contribution in [2.45, 2.75) is 0 Å². The van der Waals surface area contributed by atoms with Crippen molar-refractivity contribution in [1.29, 1.82) is 0 Å². The van der Waals surface area contributed by atoms with Gasteiger partial charge in [-0.05, 0) is 11.1 Å². The smallest absolute Gasteiger partial charge is 0.127 e. The Morgan fingerprint density at radius 3 is 1.00 bits per heavy atom. The van der Waals surface area contributed by atoms with Crippen molar-refractivity contribution in [2.75, 3.05) is 39.3 Å². The molecule has 0 aromatic heterocycles. The summed E-state index contributed by atoms with van der Waals surface area (Å²) in [5, 5.41) is 20.2. The van der Waals surface area contributed by atoms with Gasteiger partial charge in [-0.2, -0.15) is 0 Å². The average molecular weight is 356 g/mol. The molecule has 0 unspecified atom stereocenters. The number of carboxylic acid groups (broad SMARTS) is 2. The molecule has 0 spiro atoms. The molecule has 3 aliphatic heterocycles. The van der Waals surface area contributed by atoms with Crippen molar-refractivity contribution >= 4 is 11.9 Å². The van der Waals surface area contributed by atoms with E-state index in [1.807, 2.05) is 9.80 Å². The van der Waals surface area contributed by atoms with Crippen molar-refractivity contribution in [3.8, 4) is 0 Å². The molecule has 138 valence electrons. The molecule has 6 heteroatoms. The lowest BCUT2D eigenvalue weighted by Crippen LogP contribution is -3.35. The summed E-state index contributed by atoms with van der Waals surface area (Å²) in [6, 6.07) is 16.1. The summed E-state index contributed by atoms with van der Waals surface area (Å²) in [6.07, 6.45) is 0. The fourth-order valence-electron chi connectivity index (χ4n) is 2.96. The first-order chi connectivity index (χ1) is 12.6. The van der Waals surface area contributed by atoms with Gasteiger partial charge >= 0.3 is 0 Å². The molecule has 2 aromatic rings. The van der Waals surface area contributed by atoms with Gasteiger partial charge < -0.3 is 29.6 Å². The standard InChI is InChI=1S/2C7H6O2.C6H12N2/c2*8-7(9)6-4-2-1-3-5-6;1-2-8-5-3-7(1)4-6-8/h2*1-5H,(H,8,9);1-6H2. The van der Waals surface area contributed by atoms with Gasteiger partial charge in [-0.25, -0.2) is 0 Å². The summed E-state index contributed by atoms with van der Waals surface area (Å²) in [7, 11) is 0. The zero-order valence-electron chi connectivity index (χ0n) is 14.6. The van der Waals surface area contributed by atoms with Gasteiger partial charge in [-0.1, -0.05) is 60.7 Å². The molecule has 3 heterocycles. The van der Waals surface area contributed by atoms with Crippen molar-refractivity contribution < 1.29 is 29.6 Å². The van der Waals surface area contributed by atoms with Crippen LogP contribution in [0.2, 0.25) is 0 Å². The van der Waals surface area contributed by atoms with Crippen LogP contribution in [-0.4, -0.2) is 51.2 Å². The van der Waals surface area contributed by atoms with Crippen LogP contribution in [0.25, 0.3) is 0 Å². The quantitative estimate of drug-likeness (QED) is 0.596. The molecular formula is C20H24N2O4. The summed E-state index contributed by atoms with van der Waals surface area (Å²) >= 11 is 0. The van der Waals surface area contributed by atoms with E-state index in [9.17, 15) is 19.8 Å². The molecule has 2 bridgehead atoms. The number of carboxylic acids is 2. The van der Waals surface area contributed by atoms with Gasteiger partial charge in [-0.3, -0.25) is 0 Å². The molecule has 0 atom stereocenters. The first-order valence-corrected chi connectivity index (χ1v) is 8.76. The lowest BCUT2D eigenvalue weighted by molar-refractivity contribution is -1.06. The van der Waals surface area contributed by atoms with Crippen LogP contribution < -0.4 is 20.0 Å². The maximum Gasteiger partial charge on any atom is 0.127 e. The second-order valence-electron chi connectivity index (χ2n) is 6.31. The highest BCUT2D eigenvalue weighted by molar-refractivity contribution is 5.85. The number of quaternary nitrogens is 2. The van der Waals surface area contributed by atoms with Gasteiger partial charge in [0.25, 0.3) is 0 Å². The van der Waals surface area contributed by atoms with E-state index in [4.69, 9.17) is 0 Å². The van der Waals surface area contributed by atoms with Gasteiger partial charge in [0, 0.05) is 0 Å². The van der Waals surface area contributed by atoms with E-state index >= 15 is 0 Å². The highest BCUT2D eigenvalue weighted by Gasteiger charge is 2.29. The monoisotopic (exact) mass is 356 g/mol. The molecular weight excluding hydrogens is 332 g/mol. The molecule has 2 aromatic carbocycles. The van der Waals surface area contributed by atoms with Crippen LogP contribution in [0.1, 0.15) is 20.7 Å². The van der Waals surface area contributed by atoms with Crippen molar-refractivity contribution in [3.63, 3.8) is 0 Å². The Morgan fingerprint density at radius 1 is 0.577 bits per heavy atom. The maximum atomic E-state index is 10.1. The van der Waals surface area contributed by atoms with E-state index in [1.165, 1.54) is 63.5 Å². The molecule has 3 aliphatic rings. The SMILES string of the molecule is C1C[NH+]2CC[NH+]1CC2.O=C([O-])c1ccccc1.O=C([O-])c1ccccc1. The first kappa shape index (κ1) is 19.6. The predicted molar refractivity (Wildman–Crippen MR) is 92.7 cm³/mol. The molecule has 0 radical (unpaired) electrons. The van der Waals surface area contributed by atoms with Crippen LogP contribution in [-0.2, 0) is 0 Å². The van der Waals surface area contributed by atoms with E-state index in [0.29, 0.717) is 0 Å².